The van der Waals surface area contributed by atoms with Gasteiger partial charge in [-0.15, -0.1) is 5.48 Å². The van der Waals surface area contributed by atoms with Gasteiger partial charge in [-0.2, -0.15) is 0 Å². The van der Waals surface area contributed by atoms with E-state index in [1.54, 1.807) is 36.7 Å². The van der Waals surface area contributed by atoms with Crippen molar-refractivity contribution in [1.29, 1.82) is 0 Å². The van der Waals surface area contributed by atoms with Crippen LogP contribution in [0, 0.1) is 5.92 Å². The maximum Gasteiger partial charge on any atom is 0.274 e. The summed E-state index contributed by atoms with van der Waals surface area (Å²) in [6.45, 7) is 7.66. The van der Waals surface area contributed by atoms with E-state index in [9.17, 15) is 9.59 Å². The number of hydrogen-bond acceptors (Lipinski definition) is 5. The molecule has 0 bridgehead atoms. The lowest BCUT2D eigenvalue weighted by atomic mass is 9.70. The second kappa shape index (κ2) is 6.62. The minimum Gasteiger partial charge on any atom is -0.412 e. The first kappa shape index (κ1) is 18.0. The average molecular weight is 333 g/mol. The zero-order valence-electron chi connectivity index (χ0n) is 14.2. The van der Waals surface area contributed by atoms with Crippen LogP contribution in [0.3, 0.4) is 0 Å². The van der Waals surface area contributed by atoms with Crippen molar-refractivity contribution >= 4 is 11.8 Å². The zero-order chi connectivity index (χ0) is 18.1. The fraction of sp³-hybridized carbons (Fsp3) is 0.412. The number of carbonyl (C=O) groups is 2. The van der Waals surface area contributed by atoms with E-state index in [1.165, 1.54) is 0 Å². The SMILES string of the molecule is CC1=C(C(N)=O)C(C)(C(c2ccc(C(=O)NO)cc2)C(C)C)NO1. The van der Waals surface area contributed by atoms with Gasteiger partial charge in [-0.25, -0.2) is 5.48 Å². The molecule has 0 fully saturated rings. The van der Waals surface area contributed by atoms with E-state index >= 15 is 0 Å². The number of rotatable bonds is 5. The molecule has 7 nitrogen and oxygen atoms in total. The second-order valence-electron chi connectivity index (χ2n) is 6.49. The highest BCUT2D eigenvalue weighted by Crippen LogP contribution is 2.43. The van der Waals surface area contributed by atoms with Crippen LogP contribution >= 0.6 is 0 Å². The Morgan fingerprint density at radius 3 is 2.33 bits per heavy atom. The summed E-state index contributed by atoms with van der Waals surface area (Å²) in [5.74, 6) is -0.605. The molecule has 2 rings (SSSR count). The van der Waals surface area contributed by atoms with Crippen LogP contribution in [0.4, 0.5) is 0 Å². The summed E-state index contributed by atoms with van der Waals surface area (Å²) in [7, 11) is 0. The third-order valence-electron chi connectivity index (χ3n) is 4.46. The Balaban J connectivity index is 2.47. The van der Waals surface area contributed by atoms with Gasteiger partial charge in [0.2, 0.25) is 5.91 Å². The van der Waals surface area contributed by atoms with Gasteiger partial charge in [0.05, 0.1) is 11.1 Å². The molecule has 24 heavy (non-hydrogen) atoms. The molecule has 0 aliphatic carbocycles. The maximum absolute atomic E-state index is 11.9. The van der Waals surface area contributed by atoms with Crippen LogP contribution in [0.2, 0.25) is 0 Å². The van der Waals surface area contributed by atoms with Crippen molar-refractivity contribution in [2.45, 2.75) is 39.2 Å². The molecule has 0 saturated carbocycles. The second-order valence-corrected chi connectivity index (χ2v) is 6.49. The fourth-order valence-electron chi connectivity index (χ4n) is 3.59. The molecule has 0 saturated heterocycles. The summed E-state index contributed by atoms with van der Waals surface area (Å²) in [5, 5.41) is 8.71. The first-order chi connectivity index (χ1) is 11.2. The van der Waals surface area contributed by atoms with Crippen molar-refractivity contribution in [3.8, 4) is 0 Å². The first-order valence-corrected chi connectivity index (χ1v) is 7.72. The van der Waals surface area contributed by atoms with Crippen LogP contribution in [-0.4, -0.2) is 22.6 Å². The van der Waals surface area contributed by atoms with Gasteiger partial charge < -0.3 is 10.6 Å². The lowest BCUT2D eigenvalue weighted by Gasteiger charge is -2.37. The maximum atomic E-state index is 11.9. The normalized spacial score (nSPS) is 21.6. The minimum atomic E-state index is -0.787. The summed E-state index contributed by atoms with van der Waals surface area (Å²) in [4.78, 5) is 28.8. The number of amides is 2. The molecule has 7 heteroatoms. The molecule has 1 aromatic carbocycles. The van der Waals surface area contributed by atoms with Gasteiger partial charge in [-0.05, 0) is 37.5 Å². The van der Waals surface area contributed by atoms with Gasteiger partial charge >= 0.3 is 0 Å². The number of carbonyl (C=O) groups excluding carboxylic acids is 2. The number of hydroxylamine groups is 2. The number of nitrogens with two attached hydrogens (primary N) is 1. The van der Waals surface area contributed by atoms with Crippen LogP contribution in [0.5, 0.6) is 0 Å². The van der Waals surface area contributed by atoms with Crippen LogP contribution in [0.25, 0.3) is 0 Å². The van der Waals surface area contributed by atoms with E-state index in [4.69, 9.17) is 15.8 Å². The van der Waals surface area contributed by atoms with Crippen LogP contribution < -0.4 is 16.7 Å². The van der Waals surface area contributed by atoms with E-state index in [-0.39, 0.29) is 11.8 Å². The average Bonchev–Trinajstić information content (AvgIpc) is 2.82. The summed E-state index contributed by atoms with van der Waals surface area (Å²) in [6.07, 6.45) is 0. The molecule has 130 valence electrons. The third kappa shape index (κ3) is 3.00. The number of primary amides is 1. The Labute approximate surface area is 140 Å². The lowest BCUT2D eigenvalue weighted by Crippen LogP contribution is -2.49. The highest BCUT2D eigenvalue weighted by atomic mass is 16.7. The largest absolute Gasteiger partial charge is 0.412 e. The Morgan fingerprint density at radius 2 is 1.88 bits per heavy atom. The molecule has 1 aliphatic rings. The van der Waals surface area contributed by atoms with E-state index < -0.39 is 17.4 Å². The molecule has 0 aromatic heterocycles. The van der Waals surface area contributed by atoms with E-state index in [1.807, 2.05) is 20.8 Å². The Bertz CT molecular complexity index is 682. The molecule has 2 atom stereocenters. The van der Waals surface area contributed by atoms with E-state index in [0.717, 1.165) is 5.56 Å². The van der Waals surface area contributed by atoms with Gasteiger partial charge in [0.25, 0.3) is 5.91 Å². The predicted molar refractivity (Wildman–Crippen MR) is 87.8 cm³/mol. The molecule has 2 amide bonds. The van der Waals surface area contributed by atoms with Crippen molar-refractivity contribution in [3.05, 3.63) is 46.7 Å². The molecule has 1 aromatic rings. The molecule has 1 aliphatic heterocycles. The lowest BCUT2D eigenvalue weighted by molar-refractivity contribution is -0.115. The van der Waals surface area contributed by atoms with Crippen molar-refractivity contribution in [1.82, 2.24) is 11.0 Å². The van der Waals surface area contributed by atoms with Gasteiger partial charge in [0, 0.05) is 11.5 Å². The quantitative estimate of drug-likeness (QED) is 0.483. The summed E-state index contributed by atoms with van der Waals surface area (Å²) in [6, 6.07) is 6.84. The smallest absolute Gasteiger partial charge is 0.274 e. The topological polar surface area (TPSA) is 114 Å². The van der Waals surface area contributed by atoms with E-state index in [2.05, 4.69) is 5.48 Å². The number of benzene rings is 1. The molecule has 0 spiro atoms. The van der Waals surface area contributed by atoms with Crippen molar-refractivity contribution in [2.24, 2.45) is 11.7 Å². The molecule has 0 radical (unpaired) electrons. The highest BCUT2D eigenvalue weighted by molar-refractivity contribution is 5.95. The minimum absolute atomic E-state index is 0.122. The molecule has 2 unspecified atom stereocenters. The molecule has 5 N–H and O–H groups in total. The fourth-order valence-corrected chi connectivity index (χ4v) is 3.59. The Morgan fingerprint density at radius 1 is 1.29 bits per heavy atom. The Hall–Kier alpha value is -2.38. The van der Waals surface area contributed by atoms with Gasteiger partial charge in [-0.1, -0.05) is 26.0 Å². The summed E-state index contributed by atoms with van der Waals surface area (Å²) < 4.78 is 0. The van der Waals surface area contributed by atoms with Crippen molar-refractivity contribution in [2.75, 3.05) is 0 Å². The van der Waals surface area contributed by atoms with Gasteiger partial charge in [-0.3, -0.25) is 14.8 Å². The number of nitrogens with one attached hydrogen (secondary N) is 2. The predicted octanol–water partition coefficient (Wildman–Crippen LogP) is 1.60. The highest BCUT2D eigenvalue weighted by Gasteiger charge is 2.48. The summed E-state index contributed by atoms with van der Waals surface area (Å²) in [5.41, 5.74) is 11.0. The van der Waals surface area contributed by atoms with E-state index in [0.29, 0.717) is 16.9 Å². The van der Waals surface area contributed by atoms with Crippen LogP contribution in [0.15, 0.2) is 35.6 Å². The Kier molecular flexibility index (Phi) is 4.96. The molecular formula is C17H23N3O4. The third-order valence-corrected chi connectivity index (χ3v) is 4.46. The van der Waals surface area contributed by atoms with Crippen molar-refractivity contribution in [3.63, 3.8) is 0 Å². The molecule has 1 heterocycles. The summed E-state index contributed by atoms with van der Waals surface area (Å²) >= 11 is 0. The number of allylic oxidation sites excluding steroid dienone is 1. The number of hydrogen-bond donors (Lipinski definition) is 4. The van der Waals surface area contributed by atoms with Crippen LogP contribution in [-0.2, 0) is 9.63 Å². The monoisotopic (exact) mass is 333 g/mol. The van der Waals surface area contributed by atoms with Crippen molar-refractivity contribution < 1.29 is 19.6 Å². The first-order valence-electron chi connectivity index (χ1n) is 7.72. The standard InChI is InChI=1S/C17H23N3O4/c1-9(2)13(11-5-7-12(8-6-11)16(22)19-23)17(4)14(15(18)21)10(3)24-20-17/h5-9,13,20,23H,1-4H3,(H2,18,21)(H,19,22). The zero-order valence-corrected chi connectivity index (χ0v) is 14.2. The van der Waals surface area contributed by atoms with Gasteiger partial charge in [0.15, 0.2) is 0 Å². The van der Waals surface area contributed by atoms with Gasteiger partial charge in [0.1, 0.15) is 5.76 Å². The van der Waals surface area contributed by atoms with Crippen LogP contribution in [0.1, 0.15) is 49.5 Å². The molecular weight excluding hydrogens is 310 g/mol.